The highest BCUT2D eigenvalue weighted by atomic mass is 35.5. The average molecular weight is 430 g/mol. The van der Waals surface area contributed by atoms with E-state index >= 15 is 0 Å². The second-order valence-electron chi connectivity index (χ2n) is 5.83. The maximum Gasteiger partial charge on any atom is 0.344 e. The first-order valence-corrected chi connectivity index (χ1v) is 9.70. The van der Waals surface area contributed by atoms with E-state index < -0.39 is 11.9 Å². The first-order valence-electron chi connectivity index (χ1n) is 8.57. The van der Waals surface area contributed by atoms with Crippen LogP contribution in [0.5, 0.6) is 5.75 Å². The molecule has 0 aliphatic rings. The van der Waals surface area contributed by atoms with Crippen molar-refractivity contribution in [3.05, 3.63) is 62.6 Å². The van der Waals surface area contributed by atoms with E-state index in [0.29, 0.717) is 6.61 Å². The number of hydrogen-bond donors (Lipinski definition) is 0. The van der Waals surface area contributed by atoms with E-state index in [4.69, 9.17) is 44.3 Å². The molecule has 0 unspecified atom stereocenters. The van der Waals surface area contributed by atoms with Crippen LogP contribution in [-0.2, 0) is 4.74 Å². The fourth-order valence-electron chi connectivity index (χ4n) is 2.37. The Bertz CT molecular complexity index is 821. The van der Waals surface area contributed by atoms with Crippen LogP contribution in [0.15, 0.2) is 36.4 Å². The van der Waals surface area contributed by atoms with E-state index in [2.05, 4.69) is 6.92 Å². The van der Waals surface area contributed by atoms with Gasteiger partial charge in [0, 0.05) is 11.1 Å². The average Bonchev–Trinajstić information content (AvgIpc) is 2.65. The van der Waals surface area contributed by atoms with Gasteiger partial charge >= 0.3 is 11.9 Å². The van der Waals surface area contributed by atoms with Crippen LogP contribution >= 0.6 is 34.8 Å². The molecule has 0 aromatic heterocycles. The van der Waals surface area contributed by atoms with E-state index in [1.54, 1.807) is 12.1 Å². The molecule has 7 heteroatoms. The highest BCUT2D eigenvalue weighted by Gasteiger charge is 2.21. The maximum atomic E-state index is 12.6. The molecule has 2 aromatic rings. The highest BCUT2D eigenvalue weighted by Crippen LogP contribution is 2.35. The zero-order valence-corrected chi connectivity index (χ0v) is 17.0. The summed E-state index contributed by atoms with van der Waals surface area (Å²) >= 11 is 17.9. The third-order valence-electron chi connectivity index (χ3n) is 3.76. The molecule has 2 rings (SSSR count). The standard InChI is InChI=1S/C20H19Cl3O4/c1-2-3-4-7-10-26-19(24)14-8-5-6-9-15(14)20(25)27-17-12-13(21)11-16(22)18(17)23/h5-6,8-9,11-12H,2-4,7,10H2,1H3. The first-order chi connectivity index (χ1) is 12.9. The number of benzene rings is 2. The molecule has 0 spiro atoms. The van der Waals surface area contributed by atoms with Crippen LogP contribution < -0.4 is 4.74 Å². The molecule has 0 atom stereocenters. The number of halogens is 3. The van der Waals surface area contributed by atoms with Gasteiger partial charge in [0.1, 0.15) is 5.02 Å². The molecule has 4 nitrogen and oxygen atoms in total. The van der Waals surface area contributed by atoms with Crippen LogP contribution in [0.2, 0.25) is 15.1 Å². The summed E-state index contributed by atoms with van der Waals surface area (Å²) in [6.45, 7) is 2.41. The zero-order chi connectivity index (χ0) is 19.8. The molecule has 144 valence electrons. The van der Waals surface area contributed by atoms with E-state index in [0.717, 1.165) is 25.7 Å². The lowest BCUT2D eigenvalue weighted by Crippen LogP contribution is -2.16. The summed E-state index contributed by atoms with van der Waals surface area (Å²) in [5.74, 6) is -1.31. The number of ether oxygens (including phenoxy) is 2. The minimum atomic E-state index is -0.756. The van der Waals surface area contributed by atoms with Crippen molar-refractivity contribution in [1.29, 1.82) is 0 Å². The normalized spacial score (nSPS) is 10.5. The molecule has 0 saturated heterocycles. The van der Waals surface area contributed by atoms with E-state index in [9.17, 15) is 9.59 Å². The van der Waals surface area contributed by atoms with Gasteiger partial charge in [-0.3, -0.25) is 0 Å². The second-order valence-corrected chi connectivity index (χ2v) is 7.05. The zero-order valence-electron chi connectivity index (χ0n) is 14.8. The molecule has 0 saturated carbocycles. The lowest BCUT2D eigenvalue weighted by molar-refractivity contribution is 0.0489. The molecule has 0 aliphatic carbocycles. The molecule has 0 aliphatic heterocycles. The Kier molecular flexibility index (Phi) is 8.42. The lowest BCUT2D eigenvalue weighted by Gasteiger charge is -2.11. The Morgan fingerprint density at radius 1 is 0.926 bits per heavy atom. The Labute approximate surface area is 173 Å². The molecule has 0 amide bonds. The maximum absolute atomic E-state index is 12.6. The summed E-state index contributed by atoms with van der Waals surface area (Å²) in [5, 5.41) is 0.490. The van der Waals surface area contributed by atoms with Crippen molar-refractivity contribution < 1.29 is 19.1 Å². The number of hydrogen-bond acceptors (Lipinski definition) is 4. The highest BCUT2D eigenvalue weighted by molar-refractivity contribution is 6.44. The largest absolute Gasteiger partial charge is 0.462 e. The third kappa shape index (κ3) is 6.13. The number of carbonyl (C=O) groups is 2. The fraction of sp³-hybridized carbons (Fsp3) is 0.300. The van der Waals surface area contributed by atoms with E-state index in [1.807, 2.05) is 0 Å². The molecule has 2 aromatic carbocycles. The number of unbranched alkanes of at least 4 members (excludes halogenated alkanes) is 3. The molecule has 0 bridgehead atoms. The van der Waals surface area contributed by atoms with Crippen molar-refractivity contribution in [2.45, 2.75) is 32.6 Å². The SMILES string of the molecule is CCCCCCOC(=O)c1ccccc1C(=O)Oc1cc(Cl)cc(Cl)c1Cl. The van der Waals surface area contributed by atoms with Crippen LogP contribution in [0, 0.1) is 0 Å². The fourth-order valence-corrected chi connectivity index (χ4v) is 2.99. The van der Waals surface area contributed by atoms with Gasteiger partial charge in [0.2, 0.25) is 0 Å². The van der Waals surface area contributed by atoms with Crippen molar-refractivity contribution >= 4 is 46.7 Å². The summed E-state index contributed by atoms with van der Waals surface area (Å²) in [4.78, 5) is 24.9. The minimum absolute atomic E-state index is 0.0157. The van der Waals surface area contributed by atoms with Crippen LogP contribution in [-0.4, -0.2) is 18.5 Å². The van der Waals surface area contributed by atoms with Crippen molar-refractivity contribution in [2.75, 3.05) is 6.61 Å². The molecule has 0 heterocycles. The second kappa shape index (κ2) is 10.5. The topological polar surface area (TPSA) is 52.6 Å². The minimum Gasteiger partial charge on any atom is -0.462 e. The molecular formula is C20H19Cl3O4. The van der Waals surface area contributed by atoms with E-state index in [-0.39, 0.29) is 31.9 Å². The first kappa shape index (κ1) is 21.5. The van der Waals surface area contributed by atoms with Gasteiger partial charge in [-0.15, -0.1) is 0 Å². The Balaban J connectivity index is 2.12. The monoisotopic (exact) mass is 428 g/mol. The van der Waals surface area contributed by atoms with Gasteiger partial charge in [-0.1, -0.05) is 73.1 Å². The van der Waals surface area contributed by atoms with Crippen LogP contribution in [0.4, 0.5) is 0 Å². The molecule has 0 fully saturated rings. The summed E-state index contributed by atoms with van der Waals surface area (Å²) in [6.07, 6.45) is 3.95. The van der Waals surface area contributed by atoms with Crippen molar-refractivity contribution in [3.63, 3.8) is 0 Å². The summed E-state index contributed by atoms with van der Waals surface area (Å²) in [7, 11) is 0. The predicted octanol–water partition coefficient (Wildman–Crippen LogP) is 6.60. The smallest absolute Gasteiger partial charge is 0.344 e. The Hall–Kier alpha value is -1.75. The molecule has 0 N–H and O–H groups in total. The van der Waals surface area contributed by atoms with Crippen molar-refractivity contribution in [1.82, 2.24) is 0 Å². The molecule has 0 radical (unpaired) electrons. The van der Waals surface area contributed by atoms with Gasteiger partial charge in [-0.2, -0.15) is 0 Å². The van der Waals surface area contributed by atoms with Crippen LogP contribution in [0.1, 0.15) is 53.3 Å². The Morgan fingerprint density at radius 3 is 2.26 bits per heavy atom. The van der Waals surface area contributed by atoms with E-state index in [1.165, 1.54) is 24.3 Å². The number of carbonyl (C=O) groups excluding carboxylic acids is 2. The van der Waals surface area contributed by atoms with Gasteiger partial charge in [-0.05, 0) is 24.6 Å². The molecular weight excluding hydrogens is 411 g/mol. The van der Waals surface area contributed by atoms with Crippen molar-refractivity contribution in [3.8, 4) is 5.75 Å². The quantitative estimate of drug-likeness (QED) is 0.205. The summed E-state index contributed by atoms with van der Waals surface area (Å²) < 4.78 is 10.6. The van der Waals surface area contributed by atoms with Gasteiger partial charge in [0.05, 0.1) is 22.8 Å². The predicted molar refractivity (Wildman–Crippen MR) is 107 cm³/mol. The lowest BCUT2D eigenvalue weighted by atomic mass is 10.1. The van der Waals surface area contributed by atoms with Gasteiger partial charge in [-0.25, -0.2) is 9.59 Å². The van der Waals surface area contributed by atoms with Crippen LogP contribution in [0.25, 0.3) is 0 Å². The van der Waals surface area contributed by atoms with Crippen molar-refractivity contribution in [2.24, 2.45) is 0 Å². The van der Waals surface area contributed by atoms with Gasteiger partial charge < -0.3 is 9.47 Å². The molecule has 27 heavy (non-hydrogen) atoms. The summed E-state index contributed by atoms with van der Waals surface area (Å²) in [5.41, 5.74) is 0.200. The Morgan fingerprint density at radius 2 is 1.59 bits per heavy atom. The van der Waals surface area contributed by atoms with Gasteiger partial charge in [0.15, 0.2) is 5.75 Å². The summed E-state index contributed by atoms with van der Waals surface area (Å²) in [6, 6.07) is 9.08. The number of rotatable bonds is 8. The third-order valence-corrected chi connectivity index (χ3v) is 4.76. The van der Waals surface area contributed by atoms with Gasteiger partial charge in [0.25, 0.3) is 0 Å². The van der Waals surface area contributed by atoms with Crippen LogP contribution in [0.3, 0.4) is 0 Å². The number of esters is 2.